The van der Waals surface area contributed by atoms with E-state index >= 15 is 0 Å². The number of nitrogens with zero attached hydrogens (tertiary/aromatic N) is 3. The minimum atomic E-state index is 0.270. The average molecular weight is 281 g/mol. The molecule has 1 aliphatic heterocycles. The quantitative estimate of drug-likeness (QED) is 0.788. The number of fused-ring (bicyclic) bond motifs is 1. The summed E-state index contributed by atoms with van der Waals surface area (Å²) in [6.45, 7) is 2.84. The highest BCUT2D eigenvalue weighted by molar-refractivity contribution is 5.45. The van der Waals surface area contributed by atoms with Crippen LogP contribution in [0.15, 0.2) is 30.7 Å². The molecule has 4 heteroatoms. The van der Waals surface area contributed by atoms with Crippen molar-refractivity contribution in [2.24, 2.45) is 0 Å². The molecule has 0 saturated heterocycles. The van der Waals surface area contributed by atoms with Gasteiger partial charge in [-0.3, -0.25) is 0 Å². The van der Waals surface area contributed by atoms with Gasteiger partial charge in [0.1, 0.15) is 5.75 Å². The zero-order valence-electron chi connectivity index (χ0n) is 12.2. The number of aromatic nitrogens is 2. The lowest BCUT2D eigenvalue weighted by Gasteiger charge is -2.18. The highest BCUT2D eigenvalue weighted by Crippen LogP contribution is 2.36. The van der Waals surface area contributed by atoms with Crippen molar-refractivity contribution in [3.05, 3.63) is 47.5 Å². The Hall–Kier alpha value is -2.28. The second kappa shape index (κ2) is 6.01. The third-order valence-electron chi connectivity index (χ3n) is 4.01. The number of aryl methyl sites for hydroxylation is 1. The Bertz CT molecular complexity index is 669. The van der Waals surface area contributed by atoms with Crippen LogP contribution in [-0.2, 0) is 6.42 Å². The Morgan fingerprint density at radius 2 is 2.38 bits per heavy atom. The van der Waals surface area contributed by atoms with Crippen molar-refractivity contribution in [2.45, 2.75) is 38.6 Å². The van der Waals surface area contributed by atoms with Gasteiger partial charge in [0, 0.05) is 17.5 Å². The molecule has 0 saturated carbocycles. The van der Waals surface area contributed by atoms with E-state index in [9.17, 15) is 0 Å². The molecular weight excluding hydrogens is 262 g/mol. The minimum Gasteiger partial charge on any atom is -0.493 e. The molecule has 0 fully saturated rings. The maximum Gasteiger partial charge on any atom is 0.125 e. The lowest BCUT2D eigenvalue weighted by molar-refractivity contribution is 0.303. The molecule has 0 bridgehead atoms. The molecule has 0 radical (unpaired) electrons. The van der Waals surface area contributed by atoms with E-state index in [1.165, 1.54) is 5.69 Å². The molecular formula is C17H19N3O. The molecule has 2 aromatic rings. The number of rotatable bonds is 5. The average Bonchev–Trinajstić information content (AvgIpc) is 3.11. The Morgan fingerprint density at radius 3 is 3.19 bits per heavy atom. The first-order chi connectivity index (χ1) is 10.3. The van der Waals surface area contributed by atoms with E-state index in [1.54, 1.807) is 0 Å². The van der Waals surface area contributed by atoms with Gasteiger partial charge in [-0.05, 0) is 31.4 Å². The number of hydrogen-bond acceptors (Lipinski definition) is 3. The molecule has 1 aromatic heterocycles. The molecule has 1 aliphatic rings. The maximum absolute atomic E-state index is 9.09. The van der Waals surface area contributed by atoms with Crippen LogP contribution < -0.4 is 4.74 Å². The molecule has 21 heavy (non-hydrogen) atoms. The van der Waals surface area contributed by atoms with Gasteiger partial charge in [-0.2, -0.15) is 5.26 Å². The molecule has 3 rings (SSSR count). The lowest BCUT2D eigenvalue weighted by atomic mass is 10.0. The summed E-state index contributed by atoms with van der Waals surface area (Å²) < 4.78 is 8.16. The summed E-state index contributed by atoms with van der Waals surface area (Å²) in [5, 5.41) is 9.09. The minimum absolute atomic E-state index is 0.270. The zero-order valence-corrected chi connectivity index (χ0v) is 12.2. The van der Waals surface area contributed by atoms with Gasteiger partial charge < -0.3 is 9.30 Å². The first kappa shape index (κ1) is 13.7. The summed E-state index contributed by atoms with van der Waals surface area (Å²) >= 11 is 0. The van der Waals surface area contributed by atoms with E-state index in [4.69, 9.17) is 10.00 Å². The van der Waals surface area contributed by atoms with Gasteiger partial charge in [0.15, 0.2) is 0 Å². The maximum atomic E-state index is 9.09. The molecule has 2 heterocycles. The molecule has 0 N–H and O–H groups in total. The van der Waals surface area contributed by atoms with Crippen LogP contribution in [0.3, 0.4) is 0 Å². The Labute approximate surface area is 125 Å². The Kier molecular flexibility index (Phi) is 3.92. The van der Waals surface area contributed by atoms with Gasteiger partial charge in [-0.15, -0.1) is 0 Å². The van der Waals surface area contributed by atoms with Crippen molar-refractivity contribution < 1.29 is 4.74 Å². The molecule has 4 nitrogen and oxygen atoms in total. The van der Waals surface area contributed by atoms with Crippen molar-refractivity contribution >= 4 is 0 Å². The topological polar surface area (TPSA) is 50.8 Å². The van der Waals surface area contributed by atoms with Crippen LogP contribution in [-0.4, -0.2) is 16.2 Å². The fraction of sp³-hybridized carbons (Fsp3) is 0.412. The van der Waals surface area contributed by atoms with Gasteiger partial charge >= 0.3 is 0 Å². The fourth-order valence-corrected chi connectivity index (χ4v) is 2.87. The SMILES string of the molecule is CCCCOc1cc(C#N)ccc1C1CCc2cncn21. The van der Waals surface area contributed by atoms with Crippen LogP contribution in [0.2, 0.25) is 0 Å². The zero-order chi connectivity index (χ0) is 14.7. The number of ether oxygens (including phenoxy) is 1. The molecule has 1 unspecified atom stereocenters. The molecule has 0 amide bonds. The first-order valence-electron chi connectivity index (χ1n) is 7.51. The Morgan fingerprint density at radius 1 is 1.48 bits per heavy atom. The normalized spacial score (nSPS) is 16.5. The van der Waals surface area contributed by atoms with Gasteiger partial charge in [-0.1, -0.05) is 19.4 Å². The second-order valence-corrected chi connectivity index (χ2v) is 5.41. The summed E-state index contributed by atoms with van der Waals surface area (Å²) in [6, 6.07) is 8.22. The number of nitriles is 1. The standard InChI is InChI=1S/C17H19N3O/c1-2-3-8-21-17-9-13(10-18)4-6-15(17)16-7-5-14-11-19-12-20(14)16/h4,6,9,11-12,16H,2-3,5,7-8H2,1H3. The van der Waals surface area contributed by atoms with Crippen LogP contribution in [0.5, 0.6) is 5.75 Å². The van der Waals surface area contributed by atoms with Gasteiger partial charge in [0.05, 0.1) is 30.6 Å². The molecule has 0 spiro atoms. The summed E-state index contributed by atoms with van der Waals surface area (Å²) in [5.74, 6) is 0.842. The van der Waals surface area contributed by atoms with E-state index in [-0.39, 0.29) is 6.04 Å². The van der Waals surface area contributed by atoms with Crippen molar-refractivity contribution in [3.63, 3.8) is 0 Å². The van der Waals surface area contributed by atoms with Crippen LogP contribution in [0, 0.1) is 11.3 Å². The summed E-state index contributed by atoms with van der Waals surface area (Å²) in [6.07, 6.45) is 8.05. The molecule has 1 aromatic carbocycles. The molecule has 108 valence electrons. The van der Waals surface area contributed by atoms with E-state index in [0.29, 0.717) is 12.2 Å². The number of hydrogen-bond donors (Lipinski definition) is 0. The number of imidazole rings is 1. The third-order valence-corrected chi connectivity index (χ3v) is 4.01. The van der Waals surface area contributed by atoms with Crippen LogP contribution in [0.4, 0.5) is 0 Å². The van der Waals surface area contributed by atoms with Crippen LogP contribution in [0.25, 0.3) is 0 Å². The van der Waals surface area contributed by atoms with Gasteiger partial charge in [0.25, 0.3) is 0 Å². The third kappa shape index (κ3) is 2.64. The van der Waals surface area contributed by atoms with Crippen LogP contribution >= 0.6 is 0 Å². The summed E-state index contributed by atoms with van der Waals surface area (Å²) in [7, 11) is 0. The van der Waals surface area contributed by atoms with Crippen molar-refractivity contribution in [1.29, 1.82) is 5.26 Å². The monoisotopic (exact) mass is 281 g/mol. The van der Waals surface area contributed by atoms with Crippen molar-refractivity contribution in [3.8, 4) is 11.8 Å². The molecule has 1 atom stereocenters. The molecule has 0 aliphatic carbocycles. The predicted molar refractivity (Wildman–Crippen MR) is 80.2 cm³/mol. The summed E-state index contributed by atoms with van der Waals surface area (Å²) in [4.78, 5) is 4.23. The van der Waals surface area contributed by atoms with E-state index in [0.717, 1.165) is 37.0 Å². The van der Waals surface area contributed by atoms with Crippen molar-refractivity contribution in [2.75, 3.05) is 6.61 Å². The smallest absolute Gasteiger partial charge is 0.125 e. The lowest BCUT2D eigenvalue weighted by Crippen LogP contribution is -2.08. The number of unbranched alkanes of at least 4 members (excludes halogenated alkanes) is 1. The van der Waals surface area contributed by atoms with E-state index < -0.39 is 0 Å². The van der Waals surface area contributed by atoms with Crippen LogP contribution in [0.1, 0.15) is 49.0 Å². The van der Waals surface area contributed by atoms with E-state index in [2.05, 4.69) is 22.5 Å². The first-order valence-corrected chi connectivity index (χ1v) is 7.51. The Balaban J connectivity index is 1.92. The largest absolute Gasteiger partial charge is 0.493 e. The predicted octanol–water partition coefficient (Wildman–Crippen LogP) is 3.47. The summed E-state index contributed by atoms with van der Waals surface area (Å²) in [5.41, 5.74) is 3.07. The highest BCUT2D eigenvalue weighted by Gasteiger charge is 2.26. The van der Waals surface area contributed by atoms with Gasteiger partial charge in [0.2, 0.25) is 0 Å². The fourth-order valence-electron chi connectivity index (χ4n) is 2.87. The number of benzene rings is 1. The van der Waals surface area contributed by atoms with E-state index in [1.807, 2.05) is 30.7 Å². The van der Waals surface area contributed by atoms with Gasteiger partial charge in [-0.25, -0.2) is 4.98 Å². The van der Waals surface area contributed by atoms with Crippen molar-refractivity contribution in [1.82, 2.24) is 9.55 Å². The second-order valence-electron chi connectivity index (χ2n) is 5.41. The highest BCUT2D eigenvalue weighted by atomic mass is 16.5.